The largest absolute Gasteiger partial charge is 0.497 e. The third-order valence-corrected chi connectivity index (χ3v) is 3.29. The molecule has 0 saturated carbocycles. The maximum Gasteiger partial charge on any atom is 0.260 e. The summed E-state index contributed by atoms with van der Waals surface area (Å²) in [6.07, 6.45) is 0. The van der Waals surface area contributed by atoms with E-state index in [0.29, 0.717) is 17.4 Å². The van der Waals surface area contributed by atoms with Gasteiger partial charge in [0, 0.05) is 11.3 Å². The highest BCUT2D eigenvalue weighted by Crippen LogP contribution is 2.29. The topological polar surface area (TPSA) is 74.2 Å². The fourth-order valence-corrected chi connectivity index (χ4v) is 2.16. The van der Waals surface area contributed by atoms with Crippen LogP contribution in [0.25, 0.3) is 22.8 Å². The number of nitrogens with two attached hydrogens (primary N) is 1. The molecule has 3 aromatic rings. The molecule has 2 N–H and O–H groups in total. The number of nitrogens with zero attached hydrogens (tertiary/aromatic N) is 2. The summed E-state index contributed by atoms with van der Waals surface area (Å²) in [4.78, 5) is 4.43. The van der Waals surface area contributed by atoms with E-state index in [2.05, 4.69) is 10.1 Å². The van der Waals surface area contributed by atoms with Gasteiger partial charge in [-0.2, -0.15) is 4.98 Å². The number of nitrogen functional groups attached to an aromatic ring is 1. The van der Waals surface area contributed by atoms with Crippen molar-refractivity contribution >= 4 is 5.69 Å². The van der Waals surface area contributed by atoms with Crippen LogP contribution in [-0.4, -0.2) is 17.3 Å². The van der Waals surface area contributed by atoms with Crippen molar-refractivity contribution in [3.05, 3.63) is 48.0 Å². The third kappa shape index (κ3) is 2.45. The molecule has 1 aromatic heterocycles. The molecule has 0 aliphatic heterocycles. The normalized spacial score (nSPS) is 10.6. The fraction of sp³-hybridized carbons (Fsp3) is 0.125. The van der Waals surface area contributed by atoms with Gasteiger partial charge in [-0.05, 0) is 42.8 Å². The first-order valence-corrected chi connectivity index (χ1v) is 6.52. The molecule has 0 fully saturated rings. The Balaban J connectivity index is 1.99. The first-order chi connectivity index (χ1) is 10.2. The molecule has 0 unspecified atom stereocenters. The number of aromatic nitrogens is 2. The minimum absolute atomic E-state index is 0.427. The van der Waals surface area contributed by atoms with Crippen LogP contribution in [0.1, 0.15) is 5.56 Å². The van der Waals surface area contributed by atoms with Crippen LogP contribution in [0.4, 0.5) is 5.69 Å². The van der Waals surface area contributed by atoms with Gasteiger partial charge in [-0.25, -0.2) is 0 Å². The lowest BCUT2D eigenvalue weighted by Gasteiger charge is -2.03. The highest BCUT2D eigenvalue weighted by Gasteiger charge is 2.15. The smallest absolute Gasteiger partial charge is 0.260 e. The van der Waals surface area contributed by atoms with Crippen molar-refractivity contribution in [2.75, 3.05) is 12.8 Å². The third-order valence-electron chi connectivity index (χ3n) is 3.29. The molecule has 0 bridgehead atoms. The summed E-state index contributed by atoms with van der Waals surface area (Å²) < 4.78 is 10.5. The molecule has 0 atom stereocenters. The van der Waals surface area contributed by atoms with Crippen LogP contribution in [0, 0.1) is 6.92 Å². The van der Waals surface area contributed by atoms with Crippen molar-refractivity contribution in [2.45, 2.75) is 6.92 Å². The number of hydrogen-bond acceptors (Lipinski definition) is 5. The minimum Gasteiger partial charge on any atom is -0.497 e. The van der Waals surface area contributed by atoms with Crippen LogP contribution in [-0.2, 0) is 0 Å². The van der Waals surface area contributed by atoms with Crippen molar-refractivity contribution in [3.8, 4) is 28.6 Å². The maximum absolute atomic E-state index is 5.99. The van der Waals surface area contributed by atoms with E-state index < -0.39 is 0 Å². The Bertz CT molecular complexity index is 743. The van der Waals surface area contributed by atoms with Gasteiger partial charge in [-0.3, -0.25) is 0 Å². The molecule has 106 valence electrons. The lowest BCUT2D eigenvalue weighted by Crippen LogP contribution is -1.92. The number of methoxy groups -OCH3 is 1. The van der Waals surface area contributed by atoms with Crippen molar-refractivity contribution in [3.63, 3.8) is 0 Å². The maximum atomic E-state index is 5.99. The van der Waals surface area contributed by atoms with Crippen molar-refractivity contribution in [2.24, 2.45) is 0 Å². The first-order valence-electron chi connectivity index (χ1n) is 6.52. The molecule has 2 aromatic carbocycles. The van der Waals surface area contributed by atoms with Crippen LogP contribution in [0.2, 0.25) is 0 Å². The van der Waals surface area contributed by atoms with E-state index >= 15 is 0 Å². The van der Waals surface area contributed by atoms with E-state index in [9.17, 15) is 0 Å². The van der Waals surface area contributed by atoms with Crippen LogP contribution < -0.4 is 10.5 Å². The number of rotatable bonds is 3. The van der Waals surface area contributed by atoms with Gasteiger partial charge >= 0.3 is 0 Å². The molecule has 0 spiro atoms. The summed E-state index contributed by atoms with van der Waals surface area (Å²) >= 11 is 0. The molecule has 0 aliphatic rings. The fourth-order valence-electron chi connectivity index (χ4n) is 2.16. The highest BCUT2D eigenvalue weighted by molar-refractivity contribution is 5.74. The summed E-state index contributed by atoms with van der Waals surface area (Å²) in [5, 5.41) is 4.02. The second-order valence-electron chi connectivity index (χ2n) is 4.69. The van der Waals surface area contributed by atoms with E-state index in [-0.39, 0.29) is 0 Å². The van der Waals surface area contributed by atoms with Gasteiger partial charge in [0.2, 0.25) is 5.82 Å². The van der Waals surface area contributed by atoms with Crippen LogP contribution >= 0.6 is 0 Å². The second-order valence-corrected chi connectivity index (χ2v) is 4.69. The Hall–Kier alpha value is -2.82. The standard InChI is InChI=1S/C16H15N3O2/c1-10-4-3-5-13(17)14(10)16-18-15(19-21-16)11-6-8-12(20-2)9-7-11/h3-9H,17H2,1-2H3. The van der Waals surface area contributed by atoms with Crippen LogP contribution in [0.3, 0.4) is 0 Å². The molecule has 0 amide bonds. The van der Waals surface area contributed by atoms with Crippen molar-refractivity contribution in [1.29, 1.82) is 0 Å². The van der Waals surface area contributed by atoms with E-state index in [1.807, 2.05) is 49.4 Å². The van der Waals surface area contributed by atoms with Gasteiger partial charge < -0.3 is 15.0 Å². The van der Waals surface area contributed by atoms with Gasteiger partial charge in [0.15, 0.2) is 0 Å². The van der Waals surface area contributed by atoms with Gasteiger partial charge in [-0.15, -0.1) is 0 Å². The van der Waals surface area contributed by atoms with Gasteiger partial charge in [0.1, 0.15) is 5.75 Å². The molecule has 0 radical (unpaired) electrons. The summed E-state index contributed by atoms with van der Waals surface area (Å²) in [5.41, 5.74) is 9.26. The van der Waals surface area contributed by atoms with Crippen LogP contribution in [0.5, 0.6) is 5.75 Å². The Morgan fingerprint density at radius 1 is 1.10 bits per heavy atom. The summed E-state index contributed by atoms with van der Waals surface area (Å²) in [6.45, 7) is 1.96. The number of anilines is 1. The second kappa shape index (κ2) is 5.28. The first kappa shape index (κ1) is 13.2. The molecule has 0 saturated heterocycles. The van der Waals surface area contributed by atoms with Crippen molar-refractivity contribution < 1.29 is 9.26 Å². The van der Waals surface area contributed by atoms with E-state index in [1.54, 1.807) is 7.11 Å². The molecule has 0 aliphatic carbocycles. The molecule has 5 heteroatoms. The zero-order valence-electron chi connectivity index (χ0n) is 11.8. The quantitative estimate of drug-likeness (QED) is 0.745. The number of benzene rings is 2. The predicted octanol–water partition coefficient (Wildman–Crippen LogP) is 3.30. The Morgan fingerprint density at radius 3 is 2.52 bits per heavy atom. The zero-order valence-corrected chi connectivity index (χ0v) is 11.8. The predicted molar refractivity (Wildman–Crippen MR) is 80.9 cm³/mol. The zero-order chi connectivity index (χ0) is 14.8. The molecule has 1 heterocycles. The van der Waals surface area contributed by atoms with Gasteiger partial charge in [0.05, 0.1) is 12.7 Å². The molecule has 3 rings (SSSR count). The summed E-state index contributed by atoms with van der Waals surface area (Å²) in [6, 6.07) is 13.2. The van der Waals surface area contributed by atoms with E-state index in [4.69, 9.17) is 15.0 Å². The average Bonchev–Trinajstić information content (AvgIpc) is 2.97. The summed E-state index contributed by atoms with van der Waals surface area (Å²) in [7, 11) is 1.63. The Kier molecular flexibility index (Phi) is 3.31. The van der Waals surface area contributed by atoms with E-state index in [1.165, 1.54) is 0 Å². The number of ether oxygens (including phenoxy) is 1. The lowest BCUT2D eigenvalue weighted by molar-refractivity contribution is 0.415. The number of aryl methyl sites for hydroxylation is 1. The molecular formula is C16H15N3O2. The Labute approximate surface area is 122 Å². The molecule has 5 nitrogen and oxygen atoms in total. The lowest BCUT2D eigenvalue weighted by atomic mass is 10.1. The van der Waals surface area contributed by atoms with Gasteiger partial charge in [-0.1, -0.05) is 17.3 Å². The minimum atomic E-state index is 0.427. The SMILES string of the molecule is COc1ccc(-c2noc(-c3c(C)cccc3N)n2)cc1. The molecule has 21 heavy (non-hydrogen) atoms. The highest BCUT2D eigenvalue weighted by atomic mass is 16.5. The van der Waals surface area contributed by atoms with E-state index in [0.717, 1.165) is 22.4 Å². The average molecular weight is 281 g/mol. The summed E-state index contributed by atoms with van der Waals surface area (Å²) in [5.74, 6) is 1.73. The van der Waals surface area contributed by atoms with Crippen LogP contribution in [0.15, 0.2) is 47.0 Å². The van der Waals surface area contributed by atoms with Gasteiger partial charge in [0.25, 0.3) is 5.89 Å². The van der Waals surface area contributed by atoms with Crippen molar-refractivity contribution in [1.82, 2.24) is 10.1 Å². The number of hydrogen-bond donors (Lipinski definition) is 1. The molecular weight excluding hydrogens is 266 g/mol. The Morgan fingerprint density at radius 2 is 1.86 bits per heavy atom. The monoisotopic (exact) mass is 281 g/mol.